The van der Waals surface area contributed by atoms with Crippen LogP contribution >= 0.6 is 0 Å². The largest absolute Gasteiger partial charge is 0.460 e. The van der Waals surface area contributed by atoms with Crippen molar-refractivity contribution < 1.29 is 32.9 Å². The molecule has 2 atom stereocenters. The number of benzene rings is 1. The normalized spacial score (nSPS) is 18.0. The molecule has 0 radical (unpaired) electrons. The third-order valence-electron chi connectivity index (χ3n) is 7.85. The molecule has 3 heterocycles. The summed E-state index contributed by atoms with van der Waals surface area (Å²) < 4.78 is 39.9. The molecule has 0 aliphatic carbocycles. The molecule has 1 saturated heterocycles. The number of esters is 1. The molecule has 1 fully saturated rings. The number of amides is 1. The Kier molecular flexibility index (Phi) is 11.6. The fourth-order valence-electron chi connectivity index (χ4n) is 6.03. The fraction of sp³-hybridized carbons (Fsp3) is 0.538. The van der Waals surface area contributed by atoms with Crippen LogP contribution in [0.2, 0.25) is 0 Å². The summed E-state index contributed by atoms with van der Waals surface area (Å²) in [5, 5.41) is 4.42. The van der Waals surface area contributed by atoms with Crippen LogP contribution in [0.25, 0.3) is 17.2 Å². The summed E-state index contributed by atoms with van der Waals surface area (Å²) in [6.45, 7) is 23.0. The molecule has 272 valence electrons. The first-order chi connectivity index (χ1) is 23.2. The Morgan fingerprint density at radius 3 is 2.28 bits per heavy atom. The van der Waals surface area contributed by atoms with Crippen molar-refractivity contribution in [2.75, 3.05) is 4.90 Å². The lowest BCUT2D eigenvalue weighted by Crippen LogP contribution is -2.45. The van der Waals surface area contributed by atoms with Gasteiger partial charge in [0.25, 0.3) is 0 Å². The minimum Gasteiger partial charge on any atom is -0.460 e. The van der Waals surface area contributed by atoms with Crippen LogP contribution in [-0.2, 0) is 30.3 Å². The van der Waals surface area contributed by atoms with Crippen molar-refractivity contribution in [3.05, 3.63) is 65.2 Å². The predicted molar refractivity (Wildman–Crippen MR) is 193 cm³/mol. The van der Waals surface area contributed by atoms with E-state index in [1.54, 1.807) is 29.1 Å². The molecule has 4 rings (SSSR count). The maximum atomic E-state index is 14.3. The third-order valence-corrected chi connectivity index (χ3v) is 7.85. The van der Waals surface area contributed by atoms with Gasteiger partial charge in [-0.1, -0.05) is 38.1 Å². The summed E-state index contributed by atoms with van der Waals surface area (Å²) in [5.41, 5.74) is 2.36. The standard InChI is InChI=1S/C39H53FN4O6/c1-13-43-31(20-21-41-43)44(36(46)50-38(8,9)10)35-25(4)33(26-14-16-27(40)17-15-26)30(34(42-35)24(2)3)19-18-28-22-29(48-39(11,12)47-28)23-32(45)49-37(5,6)7/h14-21,24,28-29H,13,22-23H2,1-12H3/b19-18+/t28-,29-/m1/s1. The highest BCUT2D eigenvalue weighted by molar-refractivity contribution is 5.97. The van der Waals surface area contributed by atoms with E-state index in [4.69, 9.17) is 23.9 Å². The lowest BCUT2D eigenvalue weighted by Gasteiger charge is -2.40. The SMILES string of the molecule is CCn1nccc1N(C(=O)OC(C)(C)C)c1nc(C(C)C)c(/C=C/[C@@H]2C[C@H](CC(=O)OC(C)(C)C)OC(C)(C)O2)c(-c2ccc(F)cc2)c1C. The van der Waals surface area contributed by atoms with Crippen molar-refractivity contribution in [2.45, 2.75) is 138 Å². The van der Waals surface area contributed by atoms with Gasteiger partial charge in [-0.05, 0) is 98.4 Å². The molecule has 1 aliphatic heterocycles. The number of halogens is 1. The van der Waals surface area contributed by atoms with E-state index in [2.05, 4.69) is 5.10 Å². The molecular formula is C39H53FN4O6. The molecular weight excluding hydrogens is 639 g/mol. The van der Waals surface area contributed by atoms with Gasteiger partial charge >= 0.3 is 12.1 Å². The lowest BCUT2D eigenvalue weighted by molar-refractivity contribution is -0.290. The Balaban J connectivity index is 1.89. The van der Waals surface area contributed by atoms with Gasteiger partial charge in [-0.3, -0.25) is 4.79 Å². The van der Waals surface area contributed by atoms with Crippen LogP contribution in [0.4, 0.5) is 20.8 Å². The molecule has 0 N–H and O–H groups in total. The molecule has 0 spiro atoms. The van der Waals surface area contributed by atoms with Crippen molar-refractivity contribution in [1.29, 1.82) is 0 Å². The van der Waals surface area contributed by atoms with Gasteiger partial charge < -0.3 is 18.9 Å². The summed E-state index contributed by atoms with van der Waals surface area (Å²) in [6.07, 6.45) is 4.68. The van der Waals surface area contributed by atoms with Crippen LogP contribution in [0.5, 0.6) is 0 Å². The molecule has 11 heteroatoms. The van der Waals surface area contributed by atoms with Crippen LogP contribution in [0.1, 0.15) is 112 Å². The fourth-order valence-corrected chi connectivity index (χ4v) is 6.03. The Morgan fingerprint density at radius 1 is 1.06 bits per heavy atom. The summed E-state index contributed by atoms with van der Waals surface area (Å²) >= 11 is 0. The number of nitrogens with zero attached hydrogens (tertiary/aromatic N) is 4. The monoisotopic (exact) mass is 692 g/mol. The van der Waals surface area contributed by atoms with E-state index in [9.17, 15) is 14.0 Å². The van der Waals surface area contributed by atoms with Gasteiger partial charge in [-0.15, -0.1) is 0 Å². The molecule has 1 amide bonds. The van der Waals surface area contributed by atoms with Gasteiger partial charge in [0.05, 0.1) is 30.5 Å². The number of aryl methyl sites for hydroxylation is 1. The van der Waals surface area contributed by atoms with Gasteiger partial charge in [-0.25, -0.2) is 23.8 Å². The van der Waals surface area contributed by atoms with E-state index >= 15 is 0 Å². The van der Waals surface area contributed by atoms with Crippen LogP contribution in [0.15, 0.2) is 42.6 Å². The average molecular weight is 693 g/mol. The van der Waals surface area contributed by atoms with E-state index in [0.717, 1.165) is 16.7 Å². The van der Waals surface area contributed by atoms with Crippen molar-refractivity contribution in [1.82, 2.24) is 14.8 Å². The van der Waals surface area contributed by atoms with Gasteiger partial charge in [0.2, 0.25) is 0 Å². The minimum absolute atomic E-state index is 0.0864. The highest BCUT2D eigenvalue weighted by atomic mass is 19.1. The smallest absolute Gasteiger partial charge is 0.421 e. The Hall–Kier alpha value is -4.09. The summed E-state index contributed by atoms with van der Waals surface area (Å²) in [5.74, 6) is -0.841. The van der Waals surface area contributed by atoms with Crippen molar-refractivity contribution in [2.24, 2.45) is 0 Å². The number of carbonyl (C=O) groups is 2. The maximum absolute atomic E-state index is 14.3. The first-order valence-corrected chi connectivity index (χ1v) is 17.3. The molecule has 1 aromatic carbocycles. The molecule has 3 aromatic rings. The number of hydrogen-bond acceptors (Lipinski definition) is 8. The van der Waals surface area contributed by atoms with Crippen LogP contribution in [0.3, 0.4) is 0 Å². The van der Waals surface area contributed by atoms with E-state index in [1.807, 2.05) is 95.2 Å². The summed E-state index contributed by atoms with van der Waals surface area (Å²) in [6, 6.07) is 8.04. The van der Waals surface area contributed by atoms with E-state index in [0.29, 0.717) is 35.9 Å². The van der Waals surface area contributed by atoms with Crippen molar-refractivity contribution in [3.8, 4) is 11.1 Å². The first-order valence-electron chi connectivity index (χ1n) is 17.3. The summed E-state index contributed by atoms with van der Waals surface area (Å²) in [4.78, 5) is 33.4. The Bertz CT molecular complexity index is 1700. The van der Waals surface area contributed by atoms with Gasteiger partial charge in [0, 0.05) is 30.2 Å². The van der Waals surface area contributed by atoms with Gasteiger partial charge in [-0.2, -0.15) is 5.10 Å². The number of carbonyl (C=O) groups excluding carboxylic acids is 2. The molecule has 0 unspecified atom stereocenters. The zero-order valence-corrected chi connectivity index (χ0v) is 31.6. The second-order valence-corrected chi connectivity index (χ2v) is 15.4. The second-order valence-electron chi connectivity index (χ2n) is 15.4. The van der Waals surface area contributed by atoms with Gasteiger partial charge in [0.15, 0.2) is 5.79 Å². The number of rotatable bonds is 9. The number of pyridine rings is 1. The quantitative estimate of drug-likeness (QED) is 0.204. The lowest BCUT2D eigenvalue weighted by atomic mass is 9.90. The second kappa shape index (κ2) is 15.0. The topological polar surface area (TPSA) is 105 Å². The minimum atomic E-state index is -0.950. The zero-order valence-electron chi connectivity index (χ0n) is 31.6. The van der Waals surface area contributed by atoms with E-state index < -0.39 is 35.3 Å². The predicted octanol–water partition coefficient (Wildman–Crippen LogP) is 9.26. The summed E-state index contributed by atoms with van der Waals surface area (Å²) in [7, 11) is 0. The van der Waals surface area contributed by atoms with Crippen molar-refractivity contribution >= 4 is 29.8 Å². The highest BCUT2D eigenvalue weighted by Gasteiger charge is 2.37. The van der Waals surface area contributed by atoms with E-state index in [1.165, 1.54) is 17.0 Å². The molecule has 0 bridgehead atoms. The number of hydrogen-bond donors (Lipinski definition) is 0. The van der Waals surface area contributed by atoms with Crippen LogP contribution < -0.4 is 4.90 Å². The highest BCUT2D eigenvalue weighted by Crippen LogP contribution is 2.41. The molecule has 10 nitrogen and oxygen atoms in total. The molecule has 2 aromatic heterocycles. The average Bonchev–Trinajstić information content (AvgIpc) is 3.43. The van der Waals surface area contributed by atoms with Crippen molar-refractivity contribution in [3.63, 3.8) is 0 Å². The van der Waals surface area contributed by atoms with Crippen LogP contribution in [0, 0.1) is 12.7 Å². The molecule has 0 saturated carbocycles. The molecule has 1 aliphatic rings. The molecule has 50 heavy (non-hydrogen) atoms. The van der Waals surface area contributed by atoms with Gasteiger partial charge in [0.1, 0.15) is 28.7 Å². The Morgan fingerprint density at radius 2 is 1.70 bits per heavy atom. The zero-order chi connectivity index (χ0) is 37.2. The first kappa shape index (κ1) is 38.7. The third kappa shape index (κ3) is 9.78. The number of anilines is 2. The Labute approximate surface area is 296 Å². The maximum Gasteiger partial charge on any atom is 0.421 e. The van der Waals surface area contributed by atoms with Crippen LogP contribution in [-0.4, -0.2) is 56.0 Å². The number of ether oxygens (including phenoxy) is 4. The van der Waals surface area contributed by atoms with E-state index in [-0.39, 0.29) is 24.1 Å². The number of aromatic nitrogens is 3.